The maximum Gasteiger partial charge on any atom is 0.148 e. The molecule has 0 spiro atoms. The van der Waals surface area contributed by atoms with Crippen molar-refractivity contribution in [2.45, 2.75) is 19.5 Å². The van der Waals surface area contributed by atoms with Crippen LogP contribution in [0.5, 0.6) is 0 Å². The molecule has 0 aliphatic carbocycles. The van der Waals surface area contributed by atoms with Crippen LogP contribution >= 0.6 is 7.14 Å². The molecule has 2 aliphatic rings. The number of rotatable bonds is 4. The average molecular weight is 497 g/mol. The van der Waals surface area contributed by atoms with Gasteiger partial charge in [-0.25, -0.2) is 0 Å². The molecule has 37 heavy (non-hydrogen) atoms. The summed E-state index contributed by atoms with van der Waals surface area (Å²) in [5.74, 6) is 2.09. The fourth-order valence-corrected chi connectivity index (χ4v) is 9.27. The highest BCUT2D eigenvalue weighted by atomic mass is 31.2. The smallest absolute Gasteiger partial charge is 0.148 e. The summed E-state index contributed by atoms with van der Waals surface area (Å²) in [4.78, 5) is 0. The highest BCUT2D eigenvalue weighted by Crippen LogP contribution is 2.75. The first-order valence-corrected chi connectivity index (χ1v) is 14.6. The Labute approximate surface area is 219 Å². The predicted octanol–water partition coefficient (Wildman–Crippen LogP) is 9.77. The Morgan fingerprint density at radius 3 is 1.46 bits per heavy atom. The van der Waals surface area contributed by atoms with Gasteiger partial charge in [-0.05, 0) is 58.6 Å². The average Bonchev–Trinajstić information content (AvgIpc) is 2.95. The summed E-state index contributed by atoms with van der Waals surface area (Å²) in [5, 5.41) is 0.950. The van der Waals surface area contributed by atoms with Gasteiger partial charge in [-0.3, -0.25) is 0 Å². The third-order valence-corrected chi connectivity index (χ3v) is 10.7. The lowest BCUT2D eigenvalue weighted by atomic mass is 9.82. The summed E-state index contributed by atoms with van der Waals surface area (Å²) in [6, 6.07) is 42.0. The Kier molecular flexibility index (Phi) is 6.03. The molecule has 0 saturated heterocycles. The van der Waals surface area contributed by atoms with E-state index in [1.165, 1.54) is 5.57 Å². The van der Waals surface area contributed by atoms with E-state index in [0.29, 0.717) is 0 Å². The Balaban J connectivity index is 1.85. The van der Waals surface area contributed by atoms with Gasteiger partial charge in [0.15, 0.2) is 0 Å². The summed E-state index contributed by atoms with van der Waals surface area (Å²) >= 11 is 0. The zero-order valence-corrected chi connectivity index (χ0v) is 22.0. The molecule has 2 heteroatoms. The van der Waals surface area contributed by atoms with Crippen LogP contribution in [0.2, 0.25) is 0 Å². The molecule has 4 aromatic rings. The maximum atomic E-state index is 15.6. The molecule has 0 fully saturated rings. The van der Waals surface area contributed by atoms with Crippen LogP contribution in [0.4, 0.5) is 0 Å². The van der Waals surface area contributed by atoms with Gasteiger partial charge in [0.2, 0.25) is 0 Å². The van der Waals surface area contributed by atoms with Crippen molar-refractivity contribution in [1.29, 1.82) is 0 Å². The zero-order valence-electron chi connectivity index (χ0n) is 21.1. The molecule has 0 amide bonds. The summed E-state index contributed by atoms with van der Waals surface area (Å²) in [7, 11) is -3.06. The van der Waals surface area contributed by atoms with Crippen molar-refractivity contribution >= 4 is 29.2 Å². The van der Waals surface area contributed by atoms with Crippen LogP contribution in [0.1, 0.15) is 36.1 Å². The molecule has 0 N–H and O–H groups in total. The van der Waals surface area contributed by atoms with E-state index in [0.717, 1.165) is 49.9 Å². The first-order valence-electron chi connectivity index (χ1n) is 12.8. The van der Waals surface area contributed by atoms with E-state index in [9.17, 15) is 0 Å². The highest BCUT2D eigenvalue weighted by Gasteiger charge is 2.46. The monoisotopic (exact) mass is 496 g/mol. The Morgan fingerprint density at radius 1 is 0.514 bits per heavy atom. The molecule has 1 unspecified atom stereocenters. The van der Waals surface area contributed by atoms with E-state index >= 15 is 4.57 Å². The molecule has 0 bridgehead atoms. The van der Waals surface area contributed by atoms with Crippen LogP contribution in [0.3, 0.4) is 0 Å². The third-order valence-electron chi connectivity index (χ3n) is 7.49. The molecular formula is C35H29OP. The van der Waals surface area contributed by atoms with Crippen LogP contribution in [-0.2, 0) is 4.57 Å². The molecule has 2 aliphatic heterocycles. The molecule has 1 nitrogen and oxygen atoms in total. The Morgan fingerprint density at radius 2 is 0.946 bits per heavy atom. The third kappa shape index (κ3) is 4.01. The van der Waals surface area contributed by atoms with Crippen LogP contribution in [-0.4, -0.2) is 5.66 Å². The highest BCUT2D eigenvalue weighted by molar-refractivity contribution is 7.79. The number of hydrogen-bond donors (Lipinski definition) is 0. The van der Waals surface area contributed by atoms with Crippen molar-refractivity contribution in [2.75, 3.05) is 0 Å². The lowest BCUT2D eigenvalue weighted by molar-refractivity contribution is 0.585. The zero-order chi connectivity index (χ0) is 25.4. The quantitative estimate of drug-likeness (QED) is 0.257. The lowest BCUT2D eigenvalue weighted by Crippen LogP contribution is -2.20. The Bertz CT molecular complexity index is 1620. The fourth-order valence-electron chi connectivity index (χ4n) is 5.67. The van der Waals surface area contributed by atoms with E-state index in [1.54, 1.807) is 0 Å². The minimum absolute atomic E-state index is 0.239. The number of benzene rings is 4. The molecule has 2 heterocycles. The first-order chi connectivity index (χ1) is 18.1. The van der Waals surface area contributed by atoms with Gasteiger partial charge in [0, 0.05) is 10.9 Å². The number of fused-ring (bicyclic) bond motifs is 1. The van der Waals surface area contributed by atoms with Crippen LogP contribution in [0, 0.1) is 0 Å². The van der Waals surface area contributed by atoms with E-state index in [4.69, 9.17) is 0 Å². The molecule has 6 rings (SSSR count). The van der Waals surface area contributed by atoms with Gasteiger partial charge in [0.05, 0.1) is 5.66 Å². The van der Waals surface area contributed by atoms with E-state index in [2.05, 4.69) is 117 Å². The van der Waals surface area contributed by atoms with Crippen molar-refractivity contribution in [3.05, 3.63) is 167 Å². The van der Waals surface area contributed by atoms with Crippen molar-refractivity contribution < 1.29 is 4.57 Å². The fraction of sp³-hybridized carbons (Fsp3) is 0.0857. The van der Waals surface area contributed by atoms with Gasteiger partial charge in [0.1, 0.15) is 7.14 Å². The second-order valence-electron chi connectivity index (χ2n) is 9.79. The van der Waals surface area contributed by atoms with Crippen LogP contribution < -0.4 is 0 Å². The van der Waals surface area contributed by atoms with Gasteiger partial charge in [-0.15, -0.1) is 0 Å². The Hall–Kier alpha value is -3.93. The normalized spacial score (nSPS) is 21.3. The topological polar surface area (TPSA) is 17.1 Å². The number of hydrogen-bond acceptors (Lipinski definition) is 1. The number of allylic oxidation sites excluding steroid dienone is 6. The molecule has 2 atom stereocenters. The standard InChI is InChI=1S/C35H29OP/c1-25-23-31-32(27-15-7-3-8-16-27)33(28-17-9-4-10-18-28)34(29-19-11-5-12-20-29)35(30-21-13-6-14-22-30)37(31,36)24-26(25)2/h3-24,31H,1-2H3/t31-,37?/m1/s1. The minimum Gasteiger partial charge on any atom is -0.313 e. The van der Waals surface area contributed by atoms with Gasteiger partial charge in [-0.2, -0.15) is 0 Å². The van der Waals surface area contributed by atoms with Crippen molar-refractivity contribution in [2.24, 2.45) is 0 Å². The van der Waals surface area contributed by atoms with Gasteiger partial charge >= 0.3 is 0 Å². The second kappa shape index (κ2) is 9.51. The summed E-state index contributed by atoms with van der Waals surface area (Å²) in [5.41, 5.74) is 9.75. The van der Waals surface area contributed by atoms with E-state index in [-0.39, 0.29) is 5.66 Å². The van der Waals surface area contributed by atoms with Crippen molar-refractivity contribution in [1.82, 2.24) is 0 Å². The molecule has 0 radical (unpaired) electrons. The molecule has 180 valence electrons. The van der Waals surface area contributed by atoms with Gasteiger partial charge in [0.25, 0.3) is 0 Å². The van der Waals surface area contributed by atoms with Crippen molar-refractivity contribution in [3.8, 4) is 0 Å². The molecule has 4 aromatic carbocycles. The van der Waals surface area contributed by atoms with Crippen molar-refractivity contribution in [3.63, 3.8) is 0 Å². The lowest BCUT2D eigenvalue weighted by Gasteiger charge is -2.40. The van der Waals surface area contributed by atoms with Gasteiger partial charge < -0.3 is 4.57 Å². The predicted molar refractivity (Wildman–Crippen MR) is 158 cm³/mol. The summed E-state index contributed by atoms with van der Waals surface area (Å²) < 4.78 is 15.6. The van der Waals surface area contributed by atoms with Gasteiger partial charge in [-0.1, -0.05) is 133 Å². The second-order valence-corrected chi connectivity index (χ2v) is 12.5. The minimum atomic E-state index is -3.06. The first kappa shape index (κ1) is 23.5. The molecule has 0 saturated carbocycles. The van der Waals surface area contributed by atoms with E-state index < -0.39 is 7.14 Å². The summed E-state index contributed by atoms with van der Waals surface area (Å²) in [6.45, 7) is 4.23. The molecular weight excluding hydrogens is 467 g/mol. The summed E-state index contributed by atoms with van der Waals surface area (Å²) in [6.07, 6.45) is 2.26. The molecule has 0 aromatic heterocycles. The van der Waals surface area contributed by atoms with Crippen LogP contribution in [0.15, 0.2) is 144 Å². The largest absolute Gasteiger partial charge is 0.313 e. The SMILES string of the molecule is CC1=C[C@@H]2C(c3ccccc3)=C(c3ccccc3)C(c3ccccc3)=C(c3ccccc3)P2(=O)C=C1C. The maximum absolute atomic E-state index is 15.6. The van der Waals surface area contributed by atoms with E-state index in [1.807, 2.05) is 30.3 Å². The van der Waals surface area contributed by atoms with Crippen LogP contribution in [0.25, 0.3) is 22.0 Å².